The van der Waals surface area contributed by atoms with Crippen LogP contribution in [0.5, 0.6) is 0 Å². The molecule has 0 unspecified atom stereocenters. The van der Waals surface area contributed by atoms with Crippen LogP contribution in [0.4, 0.5) is 0 Å². The van der Waals surface area contributed by atoms with E-state index in [1.807, 2.05) is 0 Å². The molecule has 28 heavy (non-hydrogen) atoms. The number of aromatic amines is 2. The van der Waals surface area contributed by atoms with Gasteiger partial charge in [-0.2, -0.15) is 5.10 Å². The largest absolute Gasteiger partial charge is 0.463 e. The molecule has 12 heteroatoms. The van der Waals surface area contributed by atoms with Crippen molar-refractivity contribution in [1.29, 1.82) is 0 Å². The molecule has 0 saturated carbocycles. The van der Waals surface area contributed by atoms with Crippen LogP contribution in [0, 0.1) is 0 Å². The highest BCUT2D eigenvalue weighted by molar-refractivity contribution is 5.76. The molecule has 0 aromatic carbocycles. The number of nitrogens with zero attached hydrogens (tertiary/aromatic N) is 2. The third-order valence-electron chi connectivity index (χ3n) is 4.02. The molecule has 1 saturated heterocycles. The number of esters is 3. The van der Waals surface area contributed by atoms with Crippen molar-refractivity contribution in [2.24, 2.45) is 0 Å². The summed E-state index contributed by atoms with van der Waals surface area (Å²) < 4.78 is 21.5. The van der Waals surface area contributed by atoms with E-state index in [1.165, 1.54) is 27.1 Å². The highest BCUT2D eigenvalue weighted by Crippen LogP contribution is 2.38. The van der Waals surface area contributed by atoms with E-state index in [0.717, 1.165) is 0 Å². The molecule has 2 aromatic heterocycles. The van der Waals surface area contributed by atoms with Crippen molar-refractivity contribution >= 4 is 28.9 Å². The van der Waals surface area contributed by atoms with Gasteiger partial charge >= 0.3 is 17.9 Å². The number of ether oxygens (including phenoxy) is 4. The maximum absolute atomic E-state index is 11.9. The quantitative estimate of drug-likeness (QED) is 0.500. The zero-order chi connectivity index (χ0) is 20.4. The summed E-state index contributed by atoms with van der Waals surface area (Å²) >= 11 is 0. The molecule has 12 nitrogen and oxygen atoms in total. The van der Waals surface area contributed by atoms with Crippen molar-refractivity contribution < 1.29 is 33.3 Å². The van der Waals surface area contributed by atoms with Gasteiger partial charge in [0, 0.05) is 20.8 Å². The molecular formula is C16H18N4O8. The van der Waals surface area contributed by atoms with Gasteiger partial charge in [-0.05, 0) is 0 Å². The van der Waals surface area contributed by atoms with Gasteiger partial charge in [0.25, 0.3) is 5.56 Å². The van der Waals surface area contributed by atoms with E-state index >= 15 is 0 Å². The Morgan fingerprint density at radius 1 is 1.07 bits per heavy atom. The number of carbonyl (C=O) groups excluding carboxylic acids is 3. The van der Waals surface area contributed by atoms with Crippen molar-refractivity contribution in [3.05, 3.63) is 22.4 Å². The zero-order valence-corrected chi connectivity index (χ0v) is 15.3. The number of fused-ring (bicyclic) bond motifs is 1. The molecule has 2 N–H and O–H groups in total. The summed E-state index contributed by atoms with van der Waals surface area (Å²) in [4.78, 5) is 52.7. The van der Waals surface area contributed by atoms with Crippen molar-refractivity contribution in [3.8, 4) is 0 Å². The van der Waals surface area contributed by atoms with Gasteiger partial charge in [-0.25, -0.2) is 4.98 Å². The SMILES string of the molecule is CC(=O)OC[C@H]1O[C@@H](c2[nH]nc3c(=O)[nH]cnc23)[C@H](OC(C)=O)[C@@H]1OC(C)=O. The predicted molar refractivity (Wildman–Crippen MR) is 89.9 cm³/mol. The first-order valence-electron chi connectivity index (χ1n) is 8.32. The van der Waals surface area contributed by atoms with Gasteiger partial charge in [-0.15, -0.1) is 0 Å². The molecule has 1 fully saturated rings. The van der Waals surface area contributed by atoms with Gasteiger partial charge in [0.1, 0.15) is 24.3 Å². The Hall–Kier alpha value is -3.28. The third-order valence-corrected chi connectivity index (χ3v) is 4.02. The molecule has 3 heterocycles. The normalized spacial score (nSPS) is 24.1. The summed E-state index contributed by atoms with van der Waals surface area (Å²) in [6.45, 7) is 3.36. The first kappa shape index (κ1) is 19.5. The molecule has 0 spiro atoms. The molecular weight excluding hydrogens is 376 g/mol. The summed E-state index contributed by atoms with van der Waals surface area (Å²) in [5, 5.41) is 6.58. The van der Waals surface area contributed by atoms with Crippen LogP contribution in [0.15, 0.2) is 11.1 Å². The highest BCUT2D eigenvalue weighted by atomic mass is 16.6. The van der Waals surface area contributed by atoms with E-state index in [1.54, 1.807) is 0 Å². The minimum atomic E-state index is -1.08. The maximum Gasteiger partial charge on any atom is 0.303 e. The number of aromatic nitrogens is 4. The summed E-state index contributed by atoms with van der Waals surface area (Å²) in [7, 11) is 0. The lowest BCUT2D eigenvalue weighted by Crippen LogP contribution is -2.40. The third kappa shape index (κ3) is 3.86. The summed E-state index contributed by atoms with van der Waals surface area (Å²) in [6.07, 6.45) is -2.84. The number of hydrogen-bond acceptors (Lipinski definition) is 10. The second-order valence-corrected chi connectivity index (χ2v) is 6.11. The van der Waals surface area contributed by atoms with Gasteiger partial charge < -0.3 is 23.9 Å². The molecule has 1 aliphatic rings. The van der Waals surface area contributed by atoms with E-state index in [4.69, 9.17) is 18.9 Å². The van der Waals surface area contributed by atoms with Gasteiger partial charge in [0.05, 0.1) is 12.0 Å². The van der Waals surface area contributed by atoms with Crippen LogP contribution >= 0.6 is 0 Å². The number of nitrogens with one attached hydrogen (secondary N) is 2. The van der Waals surface area contributed by atoms with Crippen LogP contribution in [0.25, 0.3) is 11.0 Å². The average Bonchev–Trinajstić information content (AvgIpc) is 3.16. The smallest absolute Gasteiger partial charge is 0.303 e. The molecule has 2 aromatic rings. The van der Waals surface area contributed by atoms with Crippen LogP contribution in [-0.2, 0) is 33.3 Å². The van der Waals surface area contributed by atoms with Gasteiger partial charge in [-0.3, -0.25) is 24.3 Å². The van der Waals surface area contributed by atoms with E-state index < -0.39 is 47.9 Å². The van der Waals surface area contributed by atoms with Crippen LogP contribution in [0.2, 0.25) is 0 Å². The Morgan fingerprint density at radius 3 is 2.39 bits per heavy atom. The maximum atomic E-state index is 11.9. The Morgan fingerprint density at radius 2 is 1.75 bits per heavy atom. The zero-order valence-electron chi connectivity index (χ0n) is 15.3. The first-order chi connectivity index (χ1) is 13.3. The molecule has 150 valence electrons. The minimum Gasteiger partial charge on any atom is -0.463 e. The van der Waals surface area contributed by atoms with E-state index in [-0.39, 0.29) is 23.3 Å². The summed E-state index contributed by atoms with van der Waals surface area (Å²) in [5.74, 6) is -1.83. The van der Waals surface area contributed by atoms with E-state index in [2.05, 4.69) is 20.2 Å². The Labute approximate surface area is 157 Å². The standard InChI is InChI=1S/C16H18N4O8/c1-6(21)25-4-9-13(26-7(2)22)15(27-8(3)23)14(28-9)11-10-12(20-19-11)16(24)18-5-17-10/h5,9,13-15H,4H2,1-3H3,(H,19,20)(H,17,18,24)/t9-,13-,14+,15-/m1/s1. The van der Waals surface area contributed by atoms with Gasteiger partial charge in [-0.1, -0.05) is 0 Å². The topological polar surface area (TPSA) is 163 Å². The average molecular weight is 394 g/mol. The van der Waals surface area contributed by atoms with Crippen LogP contribution in [0.1, 0.15) is 32.6 Å². The van der Waals surface area contributed by atoms with Gasteiger partial charge in [0.15, 0.2) is 17.7 Å². The highest BCUT2D eigenvalue weighted by Gasteiger charge is 2.51. The van der Waals surface area contributed by atoms with E-state index in [9.17, 15) is 19.2 Å². The molecule has 0 aliphatic carbocycles. The molecule has 0 amide bonds. The van der Waals surface area contributed by atoms with E-state index in [0.29, 0.717) is 0 Å². The Bertz CT molecular complexity index is 967. The summed E-state index contributed by atoms with van der Waals surface area (Å²) in [6, 6.07) is 0. The Kier molecular flexibility index (Phi) is 5.40. The fourth-order valence-electron chi connectivity index (χ4n) is 3.01. The second kappa shape index (κ2) is 7.76. The molecule has 0 radical (unpaired) electrons. The number of rotatable bonds is 5. The molecule has 1 aliphatic heterocycles. The van der Waals surface area contributed by atoms with Crippen molar-refractivity contribution in [2.45, 2.75) is 45.2 Å². The van der Waals surface area contributed by atoms with Crippen molar-refractivity contribution in [3.63, 3.8) is 0 Å². The van der Waals surface area contributed by atoms with Crippen LogP contribution < -0.4 is 5.56 Å². The lowest BCUT2D eigenvalue weighted by atomic mass is 10.0. The van der Waals surface area contributed by atoms with Crippen molar-refractivity contribution in [1.82, 2.24) is 20.2 Å². The van der Waals surface area contributed by atoms with Crippen LogP contribution in [0.3, 0.4) is 0 Å². The molecule has 0 bridgehead atoms. The number of hydrogen-bond donors (Lipinski definition) is 2. The number of H-pyrrole nitrogens is 2. The molecule has 3 rings (SSSR count). The first-order valence-corrected chi connectivity index (χ1v) is 8.32. The summed E-state index contributed by atoms with van der Waals surface area (Å²) in [5.41, 5.74) is 0.0353. The predicted octanol–water partition coefficient (Wildman–Crippen LogP) is -0.487. The Balaban J connectivity index is 2.02. The fraction of sp³-hybridized carbons (Fsp3) is 0.500. The lowest BCUT2D eigenvalue weighted by Gasteiger charge is -2.23. The minimum absolute atomic E-state index is 0.0372. The number of carbonyl (C=O) groups is 3. The van der Waals surface area contributed by atoms with Crippen molar-refractivity contribution in [2.75, 3.05) is 6.61 Å². The van der Waals surface area contributed by atoms with Gasteiger partial charge in [0.2, 0.25) is 0 Å². The second-order valence-electron chi connectivity index (χ2n) is 6.11. The fourth-order valence-corrected chi connectivity index (χ4v) is 3.01. The van der Waals surface area contributed by atoms with Crippen LogP contribution in [-0.4, -0.2) is 63.0 Å². The molecule has 4 atom stereocenters. The monoisotopic (exact) mass is 394 g/mol. The lowest BCUT2D eigenvalue weighted by molar-refractivity contribution is -0.165.